The molecule has 0 saturated carbocycles. The third-order valence-electron chi connectivity index (χ3n) is 3.70. The molecule has 1 aromatic heterocycles. The van der Waals surface area contributed by atoms with Crippen LogP contribution in [0.25, 0.3) is 0 Å². The van der Waals surface area contributed by atoms with E-state index in [1.807, 2.05) is 46.2 Å². The van der Waals surface area contributed by atoms with Crippen molar-refractivity contribution in [3.05, 3.63) is 17.0 Å². The minimum absolute atomic E-state index is 0.0271. The second-order valence-corrected chi connectivity index (χ2v) is 6.86. The van der Waals surface area contributed by atoms with Gasteiger partial charge in [-0.05, 0) is 41.5 Å². The molecule has 0 aliphatic carbocycles. The molecule has 2 heterocycles. The van der Waals surface area contributed by atoms with Crippen LogP contribution in [0.5, 0.6) is 0 Å². The Hall–Kier alpha value is -1.56. The molecule has 1 aliphatic rings. The van der Waals surface area contributed by atoms with E-state index in [4.69, 9.17) is 10.5 Å². The number of carbonyl (C=O) groups is 1. The fraction of sp³-hybridized carbons (Fsp3) is 0.733. The molecule has 2 rings (SSSR count). The minimum Gasteiger partial charge on any atom is -0.444 e. The number of aromatic nitrogens is 2. The molecule has 118 valence electrons. The van der Waals surface area contributed by atoms with Gasteiger partial charge < -0.3 is 15.4 Å². The van der Waals surface area contributed by atoms with Gasteiger partial charge in [0.05, 0.1) is 11.7 Å². The van der Waals surface area contributed by atoms with E-state index in [1.165, 1.54) is 0 Å². The van der Waals surface area contributed by atoms with Crippen LogP contribution in [-0.2, 0) is 4.74 Å². The molecule has 1 unspecified atom stereocenters. The van der Waals surface area contributed by atoms with E-state index in [0.717, 1.165) is 17.0 Å². The van der Waals surface area contributed by atoms with Gasteiger partial charge >= 0.3 is 6.09 Å². The maximum Gasteiger partial charge on any atom is 0.410 e. The average molecular weight is 294 g/mol. The number of aryl methyl sites for hydroxylation is 1. The number of carbonyl (C=O) groups excluding carboxylic acids is 1. The molecule has 1 amide bonds. The fourth-order valence-electron chi connectivity index (χ4n) is 2.78. The van der Waals surface area contributed by atoms with Crippen LogP contribution in [0.1, 0.15) is 56.7 Å². The van der Waals surface area contributed by atoms with Gasteiger partial charge in [0.25, 0.3) is 0 Å². The molecule has 1 aliphatic heterocycles. The van der Waals surface area contributed by atoms with E-state index in [1.54, 1.807) is 4.90 Å². The SMILES string of the molecule is Cc1nn(C2CN(C(=O)OC(C)(C)C)C2)c(C)c1C(C)N. The molecule has 6 nitrogen and oxygen atoms in total. The van der Waals surface area contributed by atoms with Gasteiger partial charge in [0.2, 0.25) is 0 Å². The fourth-order valence-corrected chi connectivity index (χ4v) is 2.78. The number of nitrogens with two attached hydrogens (primary N) is 1. The summed E-state index contributed by atoms with van der Waals surface area (Å²) in [6, 6.07) is 0.185. The number of hydrogen-bond donors (Lipinski definition) is 1. The van der Waals surface area contributed by atoms with Crippen LogP contribution in [0, 0.1) is 13.8 Å². The van der Waals surface area contributed by atoms with E-state index in [9.17, 15) is 4.79 Å². The number of rotatable bonds is 2. The summed E-state index contributed by atoms with van der Waals surface area (Å²) in [5.41, 5.74) is 8.71. The van der Waals surface area contributed by atoms with E-state index >= 15 is 0 Å². The van der Waals surface area contributed by atoms with Crippen molar-refractivity contribution in [3.8, 4) is 0 Å². The van der Waals surface area contributed by atoms with E-state index in [2.05, 4.69) is 5.10 Å². The largest absolute Gasteiger partial charge is 0.444 e. The molecule has 0 radical (unpaired) electrons. The molecule has 1 aromatic rings. The zero-order valence-electron chi connectivity index (χ0n) is 13.8. The summed E-state index contributed by atoms with van der Waals surface area (Å²) in [6.45, 7) is 12.9. The second kappa shape index (κ2) is 5.33. The summed E-state index contributed by atoms with van der Waals surface area (Å²) in [7, 11) is 0. The van der Waals surface area contributed by atoms with Crippen molar-refractivity contribution in [1.29, 1.82) is 0 Å². The highest BCUT2D eigenvalue weighted by molar-refractivity contribution is 5.69. The summed E-state index contributed by atoms with van der Waals surface area (Å²) in [6.07, 6.45) is -0.257. The van der Waals surface area contributed by atoms with Gasteiger partial charge in [-0.2, -0.15) is 5.10 Å². The zero-order chi connectivity index (χ0) is 15.9. The standard InChI is InChI=1S/C15H26N4O2/c1-9(16)13-10(2)17-19(11(13)3)12-7-18(8-12)14(20)21-15(4,5)6/h9,12H,7-8,16H2,1-6H3. The molecule has 1 fully saturated rings. The lowest BCUT2D eigenvalue weighted by atomic mass is 10.1. The Bertz CT molecular complexity index is 537. The Balaban J connectivity index is 2.02. The summed E-state index contributed by atoms with van der Waals surface area (Å²) >= 11 is 0. The number of amides is 1. The molecule has 0 spiro atoms. The van der Waals surface area contributed by atoms with Gasteiger partial charge in [0, 0.05) is 30.4 Å². The Morgan fingerprint density at radius 3 is 2.38 bits per heavy atom. The first kappa shape index (κ1) is 15.8. The number of likely N-dealkylation sites (tertiary alicyclic amines) is 1. The number of ether oxygens (including phenoxy) is 1. The van der Waals surface area contributed by atoms with Crippen molar-refractivity contribution < 1.29 is 9.53 Å². The molecule has 2 N–H and O–H groups in total. The van der Waals surface area contributed by atoms with Crippen LogP contribution in [0.2, 0.25) is 0 Å². The third kappa shape index (κ3) is 3.20. The quantitative estimate of drug-likeness (QED) is 0.908. The minimum atomic E-state index is -0.456. The monoisotopic (exact) mass is 294 g/mol. The predicted octanol–water partition coefficient (Wildman–Crippen LogP) is 2.31. The third-order valence-corrected chi connectivity index (χ3v) is 3.70. The van der Waals surface area contributed by atoms with E-state index < -0.39 is 5.60 Å². The maximum atomic E-state index is 11.9. The molecule has 21 heavy (non-hydrogen) atoms. The van der Waals surface area contributed by atoms with Crippen LogP contribution in [0.4, 0.5) is 4.79 Å². The molecule has 0 aromatic carbocycles. The van der Waals surface area contributed by atoms with Gasteiger partial charge in [-0.15, -0.1) is 0 Å². The Morgan fingerprint density at radius 2 is 1.95 bits per heavy atom. The lowest BCUT2D eigenvalue weighted by Crippen LogP contribution is -2.52. The number of nitrogens with zero attached hydrogens (tertiary/aromatic N) is 3. The first-order chi connectivity index (χ1) is 9.60. The predicted molar refractivity (Wildman–Crippen MR) is 81.1 cm³/mol. The van der Waals surface area contributed by atoms with Crippen molar-refractivity contribution >= 4 is 6.09 Å². The van der Waals surface area contributed by atoms with Gasteiger partial charge in [-0.1, -0.05) is 0 Å². The molecule has 0 bridgehead atoms. The van der Waals surface area contributed by atoms with Crippen LogP contribution >= 0.6 is 0 Å². The van der Waals surface area contributed by atoms with Crippen LogP contribution in [-0.4, -0.2) is 39.5 Å². The summed E-state index contributed by atoms with van der Waals surface area (Å²) in [5, 5.41) is 4.58. The molecular weight excluding hydrogens is 268 g/mol. The van der Waals surface area contributed by atoms with Gasteiger partial charge in [-0.3, -0.25) is 4.68 Å². The molecular formula is C15H26N4O2. The van der Waals surface area contributed by atoms with Crippen molar-refractivity contribution in [2.75, 3.05) is 13.1 Å². The molecule has 6 heteroatoms. The van der Waals surface area contributed by atoms with Crippen molar-refractivity contribution in [1.82, 2.24) is 14.7 Å². The normalized spacial score (nSPS) is 17.6. The molecule has 1 atom stereocenters. The summed E-state index contributed by atoms with van der Waals surface area (Å²) in [5.74, 6) is 0. The van der Waals surface area contributed by atoms with Crippen LogP contribution < -0.4 is 5.73 Å². The van der Waals surface area contributed by atoms with Crippen molar-refractivity contribution in [2.45, 2.75) is 59.2 Å². The summed E-state index contributed by atoms with van der Waals surface area (Å²) < 4.78 is 7.36. The second-order valence-electron chi connectivity index (χ2n) is 6.86. The topological polar surface area (TPSA) is 73.4 Å². The van der Waals surface area contributed by atoms with Crippen molar-refractivity contribution in [2.24, 2.45) is 5.73 Å². The average Bonchev–Trinajstić information content (AvgIpc) is 2.49. The maximum absolute atomic E-state index is 11.9. The van der Waals surface area contributed by atoms with Crippen molar-refractivity contribution in [3.63, 3.8) is 0 Å². The van der Waals surface area contributed by atoms with E-state index in [-0.39, 0.29) is 18.2 Å². The Kier molecular flexibility index (Phi) is 4.02. The van der Waals surface area contributed by atoms with E-state index in [0.29, 0.717) is 13.1 Å². The van der Waals surface area contributed by atoms with Crippen LogP contribution in [0.3, 0.4) is 0 Å². The smallest absolute Gasteiger partial charge is 0.410 e. The highest BCUT2D eigenvalue weighted by atomic mass is 16.6. The number of hydrogen-bond acceptors (Lipinski definition) is 4. The zero-order valence-corrected chi connectivity index (χ0v) is 13.8. The highest BCUT2D eigenvalue weighted by Gasteiger charge is 2.36. The first-order valence-electron chi connectivity index (χ1n) is 7.39. The first-order valence-corrected chi connectivity index (χ1v) is 7.39. The molecule has 1 saturated heterocycles. The lowest BCUT2D eigenvalue weighted by Gasteiger charge is -2.40. The van der Waals surface area contributed by atoms with Gasteiger partial charge in [0.15, 0.2) is 0 Å². The lowest BCUT2D eigenvalue weighted by molar-refractivity contribution is -0.000695. The Labute approximate surface area is 126 Å². The summed E-state index contributed by atoms with van der Waals surface area (Å²) in [4.78, 5) is 13.6. The van der Waals surface area contributed by atoms with Crippen LogP contribution in [0.15, 0.2) is 0 Å². The van der Waals surface area contributed by atoms with Gasteiger partial charge in [-0.25, -0.2) is 4.79 Å². The highest BCUT2D eigenvalue weighted by Crippen LogP contribution is 2.28. The Morgan fingerprint density at radius 1 is 1.38 bits per heavy atom. The van der Waals surface area contributed by atoms with Gasteiger partial charge in [0.1, 0.15) is 5.60 Å².